The van der Waals surface area contributed by atoms with Crippen LogP contribution in [0.5, 0.6) is 0 Å². The van der Waals surface area contributed by atoms with E-state index in [1.807, 2.05) is 18.2 Å². The Morgan fingerprint density at radius 1 is 1.03 bits per heavy atom. The van der Waals surface area contributed by atoms with Gasteiger partial charge in [-0.2, -0.15) is 0 Å². The van der Waals surface area contributed by atoms with Gasteiger partial charge in [-0.15, -0.1) is 0 Å². The number of aromatic nitrogens is 2. The topological polar surface area (TPSA) is 57.8 Å². The first-order valence-corrected chi connectivity index (χ1v) is 10.6. The zero-order valence-electron chi connectivity index (χ0n) is 16.5. The fraction of sp³-hybridized carbons (Fsp3) is 0.167. The predicted molar refractivity (Wildman–Crippen MR) is 125 cm³/mol. The second-order valence-electron chi connectivity index (χ2n) is 7.17. The van der Waals surface area contributed by atoms with E-state index in [1.165, 1.54) is 12.0 Å². The van der Waals surface area contributed by atoms with Crippen molar-refractivity contribution in [2.45, 2.75) is 26.2 Å². The molecule has 0 saturated heterocycles. The van der Waals surface area contributed by atoms with Crippen LogP contribution in [0.4, 0.5) is 5.69 Å². The van der Waals surface area contributed by atoms with Crippen molar-refractivity contribution in [3.05, 3.63) is 81.8 Å². The average Bonchev–Trinajstić information content (AvgIpc) is 3.15. The molecule has 6 heteroatoms. The van der Waals surface area contributed by atoms with Gasteiger partial charge in [0.15, 0.2) is 0 Å². The number of anilines is 1. The van der Waals surface area contributed by atoms with E-state index >= 15 is 0 Å². The summed E-state index contributed by atoms with van der Waals surface area (Å²) in [5.74, 6) is 0.394. The summed E-state index contributed by atoms with van der Waals surface area (Å²) < 4.78 is 0. The summed E-state index contributed by atoms with van der Waals surface area (Å²) in [6.45, 7) is 2.18. The molecule has 0 atom stereocenters. The first-order chi connectivity index (χ1) is 14.5. The number of aromatic amines is 1. The van der Waals surface area contributed by atoms with Crippen LogP contribution in [-0.4, -0.2) is 15.9 Å². The van der Waals surface area contributed by atoms with Crippen molar-refractivity contribution in [1.29, 1.82) is 0 Å². The highest BCUT2D eigenvalue weighted by Crippen LogP contribution is 2.34. The SMILES string of the molecule is CCCCc1ccc(NC(=O)c2ccc3nc(-c4c(Cl)cccc4Cl)[nH]c3c2)cc1. The molecule has 4 nitrogen and oxygen atoms in total. The van der Waals surface area contributed by atoms with Gasteiger partial charge in [-0.25, -0.2) is 4.98 Å². The van der Waals surface area contributed by atoms with Crippen LogP contribution < -0.4 is 5.32 Å². The monoisotopic (exact) mass is 437 g/mol. The molecule has 0 radical (unpaired) electrons. The lowest BCUT2D eigenvalue weighted by atomic mass is 10.1. The van der Waals surface area contributed by atoms with Crippen molar-refractivity contribution in [2.75, 3.05) is 5.32 Å². The van der Waals surface area contributed by atoms with E-state index in [0.29, 0.717) is 27.0 Å². The lowest BCUT2D eigenvalue weighted by Crippen LogP contribution is -2.11. The minimum absolute atomic E-state index is 0.176. The summed E-state index contributed by atoms with van der Waals surface area (Å²) in [4.78, 5) is 20.5. The van der Waals surface area contributed by atoms with Gasteiger partial charge >= 0.3 is 0 Å². The highest BCUT2D eigenvalue weighted by Gasteiger charge is 2.14. The third-order valence-corrected chi connectivity index (χ3v) is 5.60. The molecular weight excluding hydrogens is 417 g/mol. The Kier molecular flexibility index (Phi) is 6.07. The molecule has 0 aliphatic rings. The Balaban J connectivity index is 1.55. The van der Waals surface area contributed by atoms with Crippen LogP contribution in [0.1, 0.15) is 35.7 Å². The number of aryl methyl sites for hydroxylation is 1. The molecule has 2 N–H and O–H groups in total. The van der Waals surface area contributed by atoms with Crippen LogP contribution >= 0.6 is 23.2 Å². The zero-order valence-corrected chi connectivity index (χ0v) is 18.0. The standard InChI is InChI=1S/C24H21Cl2N3O/c1-2-3-5-15-8-11-17(12-9-15)27-24(30)16-10-13-20-21(14-16)29-23(28-20)22-18(25)6-4-7-19(22)26/h4,6-14H,2-3,5H2,1H3,(H,27,30)(H,28,29). The number of unbranched alkanes of at least 4 members (excludes halogenated alkanes) is 1. The van der Waals surface area contributed by atoms with Crippen LogP contribution in [0, 0.1) is 0 Å². The summed E-state index contributed by atoms with van der Waals surface area (Å²) in [7, 11) is 0. The smallest absolute Gasteiger partial charge is 0.255 e. The second kappa shape index (κ2) is 8.90. The maximum Gasteiger partial charge on any atom is 0.255 e. The van der Waals surface area contributed by atoms with Crippen LogP contribution in [0.25, 0.3) is 22.4 Å². The van der Waals surface area contributed by atoms with Gasteiger partial charge in [0, 0.05) is 11.3 Å². The number of imidazole rings is 1. The molecule has 0 saturated carbocycles. The van der Waals surface area contributed by atoms with E-state index < -0.39 is 0 Å². The molecular formula is C24H21Cl2N3O. The minimum Gasteiger partial charge on any atom is -0.338 e. The summed E-state index contributed by atoms with van der Waals surface area (Å²) in [6.07, 6.45) is 3.38. The van der Waals surface area contributed by atoms with Gasteiger partial charge in [0.2, 0.25) is 0 Å². The molecule has 1 amide bonds. The number of hydrogen-bond acceptors (Lipinski definition) is 2. The molecule has 0 bridgehead atoms. The number of fused-ring (bicyclic) bond motifs is 1. The molecule has 0 aliphatic carbocycles. The quantitative estimate of drug-likeness (QED) is 0.336. The maximum absolute atomic E-state index is 12.7. The summed E-state index contributed by atoms with van der Waals surface area (Å²) in [6, 6.07) is 18.7. The first kappa shape index (κ1) is 20.5. The van der Waals surface area contributed by atoms with Gasteiger partial charge in [-0.1, -0.05) is 54.7 Å². The van der Waals surface area contributed by atoms with Crippen molar-refractivity contribution in [2.24, 2.45) is 0 Å². The number of halogens is 2. The lowest BCUT2D eigenvalue weighted by molar-refractivity contribution is 0.102. The lowest BCUT2D eigenvalue weighted by Gasteiger charge is -2.07. The Morgan fingerprint density at radius 2 is 1.77 bits per heavy atom. The van der Waals surface area contributed by atoms with E-state index in [0.717, 1.165) is 29.6 Å². The molecule has 0 fully saturated rings. The van der Waals surface area contributed by atoms with Crippen LogP contribution in [-0.2, 0) is 6.42 Å². The van der Waals surface area contributed by atoms with Crippen molar-refractivity contribution in [1.82, 2.24) is 9.97 Å². The Hall–Kier alpha value is -2.82. The molecule has 1 aromatic heterocycles. The minimum atomic E-state index is -0.176. The number of carbonyl (C=O) groups excluding carboxylic acids is 1. The van der Waals surface area contributed by atoms with E-state index in [4.69, 9.17) is 23.2 Å². The molecule has 1 heterocycles. The molecule has 3 aromatic carbocycles. The van der Waals surface area contributed by atoms with E-state index in [-0.39, 0.29) is 5.91 Å². The molecule has 30 heavy (non-hydrogen) atoms. The number of rotatable bonds is 6. The highest BCUT2D eigenvalue weighted by molar-refractivity contribution is 6.39. The average molecular weight is 438 g/mol. The van der Waals surface area contributed by atoms with Gasteiger partial charge in [0.25, 0.3) is 5.91 Å². The maximum atomic E-state index is 12.7. The van der Waals surface area contributed by atoms with Gasteiger partial charge in [-0.3, -0.25) is 4.79 Å². The van der Waals surface area contributed by atoms with Crippen molar-refractivity contribution in [3.8, 4) is 11.4 Å². The normalized spacial score (nSPS) is 11.0. The van der Waals surface area contributed by atoms with Crippen molar-refractivity contribution >= 4 is 45.8 Å². The van der Waals surface area contributed by atoms with Crippen LogP contribution in [0.2, 0.25) is 10.0 Å². The number of nitrogens with one attached hydrogen (secondary N) is 2. The molecule has 0 unspecified atom stereocenters. The predicted octanol–water partition coefficient (Wildman–Crippen LogP) is 7.13. The number of H-pyrrole nitrogens is 1. The second-order valence-corrected chi connectivity index (χ2v) is 7.98. The van der Waals surface area contributed by atoms with Gasteiger partial charge in [-0.05, 0) is 60.9 Å². The molecule has 4 rings (SSSR count). The van der Waals surface area contributed by atoms with Crippen LogP contribution in [0.15, 0.2) is 60.7 Å². The van der Waals surface area contributed by atoms with Gasteiger partial charge in [0.1, 0.15) is 5.82 Å². The molecule has 152 valence electrons. The third-order valence-electron chi connectivity index (χ3n) is 4.97. The highest BCUT2D eigenvalue weighted by atomic mass is 35.5. The van der Waals surface area contributed by atoms with Crippen LogP contribution in [0.3, 0.4) is 0 Å². The number of carbonyl (C=O) groups is 1. The number of nitrogens with zero attached hydrogens (tertiary/aromatic N) is 1. The molecule has 4 aromatic rings. The van der Waals surface area contributed by atoms with E-state index in [1.54, 1.807) is 30.3 Å². The van der Waals surface area contributed by atoms with E-state index in [2.05, 4.69) is 34.3 Å². The Morgan fingerprint density at radius 3 is 2.47 bits per heavy atom. The molecule has 0 spiro atoms. The fourth-order valence-corrected chi connectivity index (χ4v) is 3.91. The molecule has 0 aliphatic heterocycles. The summed E-state index contributed by atoms with van der Waals surface area (Å²) in [5, 5.41) is 3.98. The number of hydrogen-bond donors (Lipinski definition) is 2. The van der Waals surface area contributed by atoms with Gasteiger partial charge < -0.3 is 10.3 Å². The van der Waals surface area contributed by atoms with Crippen molar-refractivity contribution in [3.63, 3.8) is 0 Å². The first-order valence-electron chi connectivity index (χ1n) is 9.89. The third kappa shape index (κ3) is 4.35. The largest absolute Gasteiger partial charge is 0.338 e. The Bertz CT molecular complexity index is 1180. The fourth-order valence-electron chi connectivity index (χ4n) is 3.33. The summed E-state index contributed by atoms with van der Waals surface area (Å²) in [5.41, 5.74) is 4.71. The van der Waals surface area contributed by atoms with Crippen molar-refractivity contribution < 1.29 is 4.79 Å². The number of amides is 1. The Labute approximate surface area is 185 Å². The van der Waals surface area contributed by atoms with E-state index in [9.17, 15) is 4.79 Å². The summed E-state index contributed by atoms with van der Waals surface area (Å²) >= 11 is 12.6. The van der Waals surface area contributed by atoms with Gasteiger partial charge in [0.05, 0.1) is 26.6 Å². The number of benzene rings is 3. The zero-order chi connectivity index (χ0) is 21.1.